The van der Waals surface area contributed by atoms with Crippen molar-refractivity contribution in [3.63, 3.8) is 0 Å². The predicted octanol–water partition coefficient (Wildman–Crippen LogP) is 5.01. The Hall–Kier alpha value is -4.39. The van der Waals surface area contributed by atoms with Crippen molar-refractivity contribution in [3.8, 4) is 23.0 Å². The lowest BCUT2D eigenvalue weighted by molar-refractivity contribution is 0.243. The molecule has 0 bridgehead atoms. The first-order valence-electron chi connectivity index (χ1n) is 11.2. The second-order valence-corrected chi connectivity index (χ2v) is 7.98. The topological polar surface area (TPSA) is 102 Å². The van der Waals surface area contributed by atoms with Crippen molar-refractivity contribution in [2.45, 2.75) is 19.6 Å². The Kier molecular flexibility index (Phi) is 7.57. The van der Waals surface area contributed by atoms with Crippen LogP contribution in [-0.4, -0.2) is 19.2 Å². The van der Waals surface area contributed by atoms with Gasteiger partial charge in [0.25, 0.3) is 0 Å². The lowest BCUT2D eigenvalue weighted by Gasteiger charge is -2.18. The zero-order chi connectivity index (χ0) is 24.6. The molecule has 0 atom stereocenters. The molecule has 180 valence electrons. The summed E-state index contributed by atoms with van der Waals surface area (Å²) in [7, 11) is 3.25. The summed E-state index contributed by atoms with van der Waals surface area (Å²) in [5.41, 5.74) is 16.4. The van der Waals surface area contributed by atoms with E-state index in [1.807, 2.05) is 72.8 Å². The van der Waals surface area contributed by atoms with E-state index in [4.69, 9.17) is 30.4 Å². The van der Waals surface area contributed by atoms with Crippen LogP contribution in [0.4, 0.5) is 11.5 Å². The highest BCUT2D eigenvalue weighted by Crippen LogP contribution is 2.40. The predicted molar refractivity (Wildman–Crippen MR) is 137 cm³/mol. The van der Waals surface area contributed by atoms with Crippen molar-refractivity contribution in [2.24, 2.45) is 0 Å². The van der Waals surface area contributed by atoms with Crippen LogP contribution >= 0.6 is 0 Å². The van der Waals surface area contributed by atoms with E-state index in [1.54, 1.807) is 20.4 Å². The van der Waals surface area contributed by atoms with Crippen LogP contribution in [0.3, 0.4) is 0 Å². The third kappa shape index (κ3) is 5.95. The molecule has 0 unspecified atom stereocenters. The van der Waals surface area contributed by atoms with Crippen molar-refractivity contribution >= 4 is 11.5 Å². The molecule has 0 fully saturated rings. The summed E-state index contributed by atoms with van der Waals surface area (Å²) in [6.45, 7) is 0.728. The summed E-state index contributed by atoms with van der Waals surface area (Å²) >= 11 is 0. The van der Waals surface area contributed by atoms with E-state index in [0.29, 0.717) is 48.4 Å². The van der Waals surface area contributed by atoms with Crippen molar-refractivity contribution in [2.75, 3.05) is 25.7 Å². The molecule has 0 spiro atoms. The van der Waals surface area contributed by atoms with E-state index in [9.17, 15) is 0 Å². The molecule has 7 heteroatoms. The molecule has 0 amide bonds. The molecule has 7 nitrogen and oxygen atoms in total. The van der Waals surface area contributed by atoms with Gasteiger partial charge in [0.1, 0.15) is 24.8 Å². The van der Waals surface area contributed by atoms with Crippen LogP contribution in [0, 0.1) is 0 Å². The standard InChI is InChI=1S/C28H29N3O4/c1-32-23-10-8-20(9-11-23)17-34-25-16-21(14-22-12-13-31-28(30)26(22)29)15-24(33-2)27(25)35-18-19-6-4-3-5-7-19/h3-13,15-16H,14,17-18,29H2,1-2H3,(H2,30,31). The number of hydrogen-bond donors (Lipinski definition) is 2. The van der Waals surface area contributed by atoms with Crippen LogP contribution in [0.25, 0.3) is 0 Å². The maximum atomic E-state index is 6.25. The van der Waals surface area contributed by atoms with Crippen molar-refractivity contribution < 1.29 is 18.9 Å². The highest BCUT2D eigenvalue weighted by atomic mass is 16.5. The normalized spacial score (nSPS) is 10.6. The molecule has 0 aliphatic carbocycles. The smallest absolute Gasteiger partial charge is 0.203 e. The monoisotopic (exact) mass is 471 g/mol. The first-order chi connectivity index (χ1) is 17.1. The second kappa shape index (κ2) is 11.2. The number of nitrogens with zero attached hydrogens (tertiary/aromatic N) is 1. The molecule has 0 saturated heterocycles. The number of pyridine rings is 1. The summed E-state index contributed by atoms with van der Waals surface area (Å²) in [5.74, 6) is 2.79. The van der Waals surface area contributed by atoms with Gasteiger partial charge in [-0.3, -0.25) is 0 Å². The molecule has 4 N–H and O–H groups in total. The van der Waals surface area contributed by atoms with Gasteiger partial charge in [0, 0.05) is 6.20 Å². The fourth-order valence-corrected chi connectivity index (χ4v) is 3.65. The average Bonchev–Trinajstić information content (AvgIpc) is 2.90. The third-order valence-corrected chi connectivity index (χ3v) is 5.59. The number of benzene rings is 3. The maximum Gasteiger partial charge on any atom is 0.203 e. The molecule has 1 heterocycles. The van der Waals surface area contributed by atoms with Gasteiger partial charge in [-0.05, 0) is 59.0 Å². The Balaban J connectivity index is 1.64. The Bertz CT molecular complexity index is 1260. The van der Waals surface area contributed by atoms with Gasteiger partial charge in [-0.15, -0.1) is 0 Å². The van der Waals surface area contributed by atoms with Crippen LogP contribution in [-0.2, 0) is 19.6 Å². The molecule has 4 rings (SSSR count). The number of nitrogen functional groups attached to an aromatic ring is 2. The molecule has 4 aromatic rings. The van der Waals surface area contributed by atoms with Gasteiger partial charge in [0.05, 0.1) is 19.9 Å². The lowest BCUT2D eigenvalue weighted by Crippen LogP contribution is -2.05. The zero-order valence-corrected chi connectivity index (χ0v) is 19.9. The fourth-order valence-electron chi connectivity index (χ4n) is 3.65. The number of nitrogens with two attached hydrogens (primary N) is 2. The quantitative estimate of drug-likeness (QED) is 0.335. The van der Waals surface area contributed by atoms with Gasteiger partial charge in [-0.1, -0.05) is 42.5 Å². The molecule has 1 aromatic heterocycles. The lowest BCUT2D eigenvalue weighted by atomic mass is 10.0. The van der Waals surface area contributed by atoms with Crippen molar-refractivity contribution in [1.82, 2.24) is 4.98 Å². The number of aromatic nitrogens is 1. The van der Waals surface area contributed by atoms with E-state index < -0.39 is 0 Å². The highest BCUT2D eigenvalue weighted by molar-refractivity contribution is 5.64. The minimum absolute atomic E-state index is 0.313. The minimum atomic E-state index is 0.313. The van der Waals surface area contributed by atoms with Crippen LogP contribution in [0.5, 0.6) is 23.0 Å². The Morgan fingerprint density at radius 1 is 0.714 bits per heavy atom. The number of rotatable bonds is 10. The molecule has 35 heavy (non-hydrogen) atoms. The van der Waals surface area contributed by atoms with E-state index in [-0.39, 0.29) is 0 Å². The van der Waals surface area contributed by atoms with E-state index in [0.717, 1.165) is 28.0 Å². The second-order valence-electron chi connectivity index (χ2n) is 7.98. The first kappa shape index (κ1) is 23.8. The summed E-state index contributed by atoms with van der Waals surface area (Å²) in [6, 6.07) is 23.4. The van der Waals surface area contributed by atoms with Gasteiger partial charge in [0.15, 0.2) is 11.5 Å². The minimum Gasteiger partial charge on any atom is -0.497 e. The van der Waals surface area contributed by atoms with Gasteiger partial charge in [-0.25, -0.2) is 4.98 Å². The summed E-state index contributed by atoms with van der Waals surface area (Å²) in [5, 5.41) is 0. The van der Waals surface area contributed by atoms with Crippen molar-refractivity contribution in [3.05, 3.63) is 101 Å². The number of ether oxygens (including phenoxy) is 4. The van der Waals surface area contributed by atoms with E-state index in [1.165, 1.54) is 0 Å². The number of hydrogen-bond acceptors (Lipinski definition) is 7. The molecular weight excluding hydrogens is 442 g/mol. The fraction of sp³-hybridized carbons (Fsp3) is 0.179. The number of methoxy groups -OCH3 is 2. The summed E-state index contributed by atoms with van der Waals surface area (Å²) in [6.07, 6.45) is 2.18. The van der Waals surface area contributed by atoms with Crippen LogP contribution < -0.4 is 30.4 Å². The third-order valence-electron chi connectivity index (χ3n) is 5.59. The van der Waals surface area contributed by atoms with E-state index in [2.05, 4.69) is 4.98 Å². The van der Waals surface area contributed by atoms with Crippen LogP contribution in [0.1, 0.15) is 22.3 Å². The summed E-state index contributed by atoms with van der Waals surface area (Å²) in [4.78, 5) is 4.05. The van der Waals surface area contributed by atoms with Gasteiger partial charge >= 0.3 is 0 Å². The average molecular weight is 472 g/mol. The number of anilines is 2. The Morgan fingerprint density at radius 2 is 1.40 bits per heavy atom. The molecule has 3 aromatic carbocycles. The Labute approximate surface area is 205 Å². The van der Waals surface area contributed by atoms with Crippen LogP contribution in [0.15, 0.2) is 79.0 Å². The molecule has 0 radical (unpaired) electrons. The SMILES string of the molecule is COc1ccc(COc2cc(Cc3ccnc(N)c3N)cc(OC)c2OCc2ccccc2)cc1. The molecule has 0 aliphatic rings. The van der Waals surface area contributed by atoms with Gasteiger partial charge in [-0.2, -0.15) is 0 Å². The zero-order valence-electron chi connectivity index (χ0n) is 19.9. The van der Waals surface area contributed by atoms with Gasteiger partial charge in [0.2, 0.25) is 5.75 Å². The molecule has 0 aliphatic heterocycles. The van der Waals surface area contributed by atoms with Crippen LogP contribution in [0.2, 0.25) is 0 Å². The summed E-state index contributed by atoms with van der Waals surface area (Å²) < 4.78 is 23.4. The van der Waals surface area contributed by atoms with E-state index >= 15 is 0 Å². The highest BCUT2D eigenvalue weighted by Gasteiger charge is 2.17. The molecular formula is C28H29N3O4. The first-order valence-corrected chi connectivity index (χ1v) is 11.2. The maximum absolute atomic E-state index is 6.25. The van der Waals surface area contributed by atoms with Gasteiger partial charge < -0.3 is 30.4 Å². The largest absolute Gasteiger partial charge is 0.497 e. The van der Waals surface area contributed by atoms with Crippen molar-refractivity contribution in [1.29, 1.82) is 0 Å². The Morgan fingerprint density at radius 3 is 2.11 bits per heavy atom. The molecule has 0 saturated carbocycles.